The van der Waals surface area contributed by atoms with Crippen LogP contribution in [0.25, 0.3) is 32.5 Å². The third-order valence-electron chi connectivity index (χ3n) is 4.42. The van der Waals surface area contributed by atoms with Crippen LogP contribution < -0.4 is 11.1 Å². The summed E-state index contributed by atoms with van der Waals surface area (Å²) >= 11 is 8.14. The van der Waals surface area contributed by atoms with Gasteiger partial charge in [-0.3, -0.25) is 0 Å². The molecule has 0 fully saturated rings. The van der Waals surface area contributed by atoms with Gasteiger partial charge in [0, 0.05) is 36.3 Å². The summed E-state index contributed by atoms with van der Waals surface area (Å²) in [5, 5.41) is 4.78. The van der Waals surface area contributed by atoms with E-state index in [1.165, 1.54) is 0 Å². The Kier molecular flexibility index (Phi) is 5.89. The van der Waals surface area contributed by atoms with Crippen molar-refractivity contribution in [2.24, 2.45) is 5.73 Å². The Labute approximate surface area is 178 Å². The molecule has 0 spiro atoms. The Balaban J connectivity index is 1.86. The van der Waals surface area contributed by atoms with Crippen LogP contribution in [-0.2, 0) is 6.42 Å². The second-order valence-electron chi connectivity index (χ2n) is 6.45. The highest BCUT2D eigenvalue weighted by molar-refractivity contribution is 7.18. The zero-order valence-electron chi connectivity index (χ0n) is 15.9. The molecule has 0 atom stereocenters. The molecule has 1 aromatic carbocycles. The van der Waals surface area contributed by atoms with E-state index >= 15 is 0 Å². The van der Waals surface area contributed by atoms with E-state index in [0.29, 0.717) is 11.6 Å². The largest absolute Gasteiger partial charge is 0.370 e. The van der Waals surface area contributed by atoms with Gasteiger partial charge in [-0.1, -0.05) is 17.7 Å². The molecule has 4 N–H and O–H groups in total. The third-order valence-corrected chi connectivity index (χ3v) is 5.86. The minimum Gasteiger partial charge on any atom is -0.370 e. The molecule has 3 heterocycles. The van der Waals surface area contributed by atoms with E-state index in [0.717, 1.165) is 56.9 Å². The Hall–Kier alpha value is -2.74. The van der Waals surface area contributed by atoms with Gasteiger partial charge in [-0.25, -0.2) is 15.0 Å². The summed E-state index contributed by atoms with van der Waals surface area (Å²) in [6, 6.07) is 9.94. The second kappa shape index (κ2) is 8.73. The average molecular weight is 425 g/mol. The lowest BCUT2D eigenvalue weighted by Gasteiger charge is -2.07. The molecular weight excluding hydrogens is 404 g/mol. The SMILES string of the molecule is CCNc1cc(-c2nc(-c3cc(CCN)ccc3Cl)c(-c3ncc[nH]3)s2)ccn1. The molecular formula is C21H21ClN6S. The quantitative estimate of drug-likeness (QED) is 0.394. The normalized spacial score (nSPS) is 11.0. The smallest absolute Gasteiger partial charge is 0.149 e. The van der Waals surface area contributed by atoms with Crippen LogP contribution in [0, 0.1) is 0 Å². The fourth-order valence-electron chi connectivity index (χ4n) is 3.09. The van der Waals surface area contributed by atoms with Gasteiger partial charge >= 0.3 is 0 Å². The molecule has 0 saturated carbocycles. The summed E-state index contributed by atoms with van der Waals surface area (Å²) in [5.74, 6) is 1.59. The molecule has 29 heavy (non-hydrogen) atoms. The van der Waals surface area contributed by atoms with E-state index in [2.05, 4.69) is 26.3 Å². The van der Waals surface area contributed by atoms with Crippen molar-refractivity contribution in [2.45, 2.75) is 13.3 Å². The number of halogens is 1. The van der Waals surface area contributed by atoms with Gasteiger partial charge in [-0.15, -0.1) is 11.3 Å². The molecule has 0 aliphatic rings. The first-order valence-corrected chi connectivity index (χ1v) is 10.6. The minimum atomic E-state index is 0.582. The van der Waals surface area contributed by atoms with E-state index in [1.54, 1.807) is 29.9 Å². The van der Waals surface area contributed by atoms with E-state index < -0.39 is 0 Å². The van der Waals surface area contributed by atoms with Crippen molar-refractivity contribution in [3.63, 3.8) is 0 Å². The van der Waals surface area contributed by atoms with Crippen molar-refractivity contribution in [1.29, 1.82) is 0 Å². The number of rotatable bonds is 7. The summed E-state index contributed by atoms with van der Waals surface area (Å²) < 4.78 is 0. The fourth-order valence-corrected chi connectivity index (χ4v) is 4.34. The summed E-state index contributed by atoms with van der Waals surface area (Å²) in [7, 11) is 0. The predicted molar refractivity (Wildman–Crippen MR) is 120 cm³/mol. The lowest BCUT2D eigenvalue weighted by molar-refractivity contribution is 0.969. The number of hydrogen-bond donors (Lipinski definition) is 3. The average Bonchev–Trinajstić information content (AvgIpc) is 3.40. The Morgan fingerprint density at radius 2 is 2.07 bits per heavy atom. The van der Waals surface area contributed by atoms with E-state index in [4.69, 9.17) is 22.3 Å². The topological polar surface area (TPSA) is 92.5 Å². The van der Waals surface area contributed by atoms with E-state index in [9.17, 15) is 0 Å². The molecule has 0 aliphatic heterocycles. The van der Waals surface area contributed by atoms with Crippen LogP contribution in [0.5, 0.6) is 0 Å². The van der Waals surface area contributed by atoms with Crippen LogP contribution in [0.3, 0.4) is 0 Å². The first-order valence-electron chi connectivity index (χ1n) is 9.39. The number of imidazole rings is 1. The van der Waals surface area contributed by atoms with Gasteiger partial charge in [0.25, 0.3) is 0 Å². The van der Waals surface area contributed by atoms with Gasteiger partial charge in [-0.2, -0.15) is 0 Å². The molecule has 0 saturated heterocycles. The molecule has 6 nitrogen and oxygen atoms in total. The van der Waals surface area contributed by atoms with Crippen LogP contribution in [0.1, 0.15) is 12.5 Å². The van der Waals surface area contributed by atoms with Gasteiger partial charge in [0.2, 0.25) is 0 Å². The van der Waals surface area contributed by atoms with Gasteiger partial charge in [0.05, 0.1) is 15.6 Å². The summed E-state index contributed by atoms with van der Waals surface area (Å²) in [6.45, 7) is 3.43. The molecule has 148 valence electrons. The fraction of sp³-hybridized carbons (Fsp3) is 0.190. The molecule has 4 rings (SSSR count). The highest BCUT2D eigenvalue weighted by Crippen LogP contribution is 2.42. The Morgan fingerprint density at radius 3 is 2.83 bits per heavy atom. The van der Waals surface area contributed by atoms with Crippen LogP contribution in [0.15, 0.2) is 48.9 Å². The van der Waals surface area contributed by atoms with Crippen molar-refractivity contribution in [2.75, 3.05) is 18.4 Å². The number of anilines is 1. The second-order valence-corrected chi connectivity index (χ2v) is 7.85. The monoisotopic (exact) mass is 424 g/mol. The summed E-state index contributed by atoms with van der Waals surface area (Å²) in [6.07, 6.45) is 6.12. The maximum absolute atomic E-state index is 6.57. The summed E-state index contributed by atoms with van der Waals surface area (Å²) in [4.78, 5) is 17.9. The molecule has 0 amide bonds. The van der Waals surface area contributed by atoms with Crippen molar-refractivity contribution in [3.8, 4) is 32.5 Å². The van der Waals surface area contributed by atoms with Crippen molar-refractivity contribution in [3.05, 3.63) is 59.5 Å². The van der Waals surface area contributed by atoms with Gasteiger partial charge in [-0.05, 0) is 49.7 Å². The lowest BCUT2D eigenvalue weighted by Crippen LogP contribution is -2.02. The number of H-pyrrole nitrogens is 1. The van der Waals surface area contributed by atoms with Crippen LogP contribution in [-0.4, -0.2) is 33.0 Å². The third kappa shape index (κ3) is 4.17. The number of nitrogens with zero attached hydrogens (tertiary/aromatic N) is 3. The van der Waals surface area contributed by atoms with E-state index in [1.807, 2.05) is 31.2 Å². The molecule has 0 unspecified atom stereocenters. The predicted octanol–water partition coefficient (Wildman–Crippen LogP) is 4.85. The zero-order valence-corrected chi connectivity index (χ0v) is 17.5. The number of nitrogens with one attached hydrogen (secondary N) is 2. The summed E-state index contributed by atoms with van der Waals surface area (Å²) in [5.41, 5.74) is 9.56. The first kappa shape index (κ1) is 19.6. The maximum Gasteiger partial charge on any atom is 0.149 e. The lowest BCUT2D eigenvalue weighted by atomic mass is 10.0. The Morgan fingerprint density at radius 1 is 1.17 bits per heavy atom. The highest BCUT2D eigenvalue weighted by Gasteiger charge is 2.20. The highest BCUT2D eigenvalue weighted by atomic mass is 35.5. The number of hydrogen-bond acceptors (Lipinski definition) is 6. The number of pyridine rings is 1. The van der Waals surface area contributed by atoms with Gasteiger partial charge in [0.15, 0.2) is 0 Å². The van der Waals surface area contributed by atoms with Crippen molar-refractivity contribution < 1.29 is 0 Å². The standard InChI is InChI=1S/C21H21ClN6S/c1-2-24-17-12-14(6-8-25-17)21-28-18(19(29-21)20-26-9-10-27-20)15-11-13(5-7-23)3-4-16(15)22/h3-4,6,8-12H,2,5,7,23H2,1H3,(H,24,25)(H,26,27). The zero-order chi connectivity index (χ0) is 20.2. The van der Waals surface area contributed by atoms with Crippen molar-refractivity contribution >= 4 is 28.8 Å². The molecule has 4 aromatic rings. The van der Waals surface area contributed by atoms with E-state index in [-0.39, 0.29) is 0 Å². The molecule has 3 aromatic heterocycles. The van der Waals surface area contributed by atoms with Crippen LogP contribution >= 0.6 is 22.9 Å². The van der Waals surface area contributed by atoms with Crippen LogP contribution in [0.2, 0.25) is 5.02 Å². The van der Waals surface area contributed by atoms with Crippen LogP contribution in [0.4, 0.5) is 5.82 Å². The maximum atomic E-state index is 6.57. The minimum absolute atomic E-state index is 0.582. The molecule has 8 heteroatoms. The van der Waals surface area contributed by atoms with Gasteiger partial charge < -0.3 is 16.0 Å². The number of thiazole rings is 1. The number of aromatic amines is 1. The Bertz CT molecular complexity index is 1110. The number of benzene rings is 1. The molecule has 0 radical (unpaired) electrons. The molecule has 0 aliphatic carbocycles. The number of nitrogens with two attached hydrogens (primary N) is 1. The van der Waals surface area contributed by atoms with Crippen molar-refractivity contribution in [1.82, 2.24) is 19.9 Å². The van der Waals surface area contributed by atoms with Gasteiger partial charge in [0.1, 0.15) is 16.6 Å². The first-order chi connectivity index (χ1) is 14.2. The number of aromatic nitrogens is 4. The molecule has 0 bridgehead atoms.